The Labute approximate surface area is 184 Å². The van der Waals surface area contributed by atoms with Gasteiger partial charge in [0.25, 0.3) is 11.1 Å². The summed E-state index contributed by atoms with van der Waals surface area (Å²) in [6.07, 6.45) is 0. The van der Waals surface area contributed by atoms with Crippen LogP contribution in [0.2, 0.25) is 0 Å². The van der Waals surface area contributed by atoms with Crippen LogP contribution in [-0.4, -0.2) is 34.8 Å². The molecule has 0 aromatic heterocycles. The van der Waals surface area contributed by atoms with E-state index in [2.05, 4.69) is 5.32 Å². The average Bonchev–Trinajstić information content (AvgIpc) is 3.12. The number of para-hydroxylation sites is 3. The Kier molecular flexibility index (Phi) is 6.04. The van der Waals surface area contributed by atoms with Gasteiger partial charge in [0.05, 0.1) is 23.7 Å². The van der Waals surface area contributed by atoms with Crippen LogP contribution >= 0.6 is 11.8 Å². The zero-order valence-corrected chi connectivity index (χ0v) is 17.8. The quantitative estimate of drug-likeness (QED) is 0.601. The van der Waals surface area contributed by atoms with Gasteiger partial charge >= 0.3 is 0 Å². The van der Waals surface area contributed by atoms with Crippen LogP contribution in [0, 0.1) is 0 Å². The molecule has 4 rings (SSSR count). The van der Waals surface area contributed by atoms with Crippen molar-refractivity contribution >= 4 is 45.9 Å². The number of hydrogen-bond acceptors (Lipinski definition) is 5. The molecule has 1 aliphatic heterocycles. The van der Waals surface area contributed by atoms with E-state index in [1.807, 2.05) is 66.5 Å². The maximum absolute atomic E-state index is 13.0. The highest BCUT2D eigenvalue weighted by Crippen LogP contribution is 2.31. The SMILES string of the molecule is CN(c1ccccc1)c1ccccc1NC(=O)c1cccc(CN2C(=O)CSC2=O)c1. The van der Waals surface area contributed by atoms with Crippen LogP contribution in [-0.2, 0) is 11.3 Å². The molecule has 3 amide bonds. The van der Waals surface area contributed by atoms with Crippen LogP contribution in [0.4, 0.5) is 21.9 Å². The molecule has 0 bridgehead atoms. The van der Waals surface area contributed by atoms with E-state index in [1.165, 1.54) is 4.90 Å². The summed E-state index contributed by atoms with van der Waals surface area (Å²) in [5, 5.41) is 2.73. The molecule has 6 nitrogen and oxygen atoms in total. The lowest BCUT2D eigenvalue weighted by molar-refractivity contribution is -0.125. The molecule has 156 valence electrons. The molecule has 7 heteroatoms. The fraction of sp³-hybridized carbons (Fsp3) is 0.125. The number of imide groups is 1. The fourth-order valence-corrected chi connectivity index (χ4v) is 4.11. The summed E-state index contributed by atoms with van der Waals surface area (Å²) in [6, 6.07) is 24.5. The van der Waals surface area contributed by atoms with Crippen LogP contribution in [0.5, 0.6) is 0 Å². The molecular formula is C24H21N3O3S. The first-order valence-electron chi connectivity index (χ1n) is 9.78. The largest absolute Gasteiger partial charge is 0.343 e. The number of thioether (sulfide) groups is 1. The number of benzene rings is 3. The van der Waals surface area contributed by atoms with Crippen molar-refractivity contribution in [2.75, 3.05) is 23.0 Å². The van der Waals surface area contributed by atoms with E-state index >= 15 is 0 Å². The summed E-state index contributed by atoms with van der Waals surface area (Å²) in [4.78, 5) is 39.9. The minimum absolute atomic E-state index is 0.166. The lowest BCUT2D eigenvalue weighted by Gasteiger charge is -2.23. The van der Waals surface area contributed by atoms with Crippen LogP contribution in [0.1, 0.15) is 15.9 Å². The molecule has 3 aromatic carbocycles. The summed E-state index contributed by atoms with van der Waals surface area (Å²) in [7, 11) is 1.95. The highest BCUT2D eigenvalue weighted by Gasteiger charge is 2.29. The zero-order valence-electron chi connectivity index (χ0n) is 16.9. The second kappa shape index (κ2) is 9.06. The third-order valence-corrected chi connectivity index (χ3v) is 5.89. The Hall–Kier alpha value is -3.58. The summed E-state index contributed by atoms with van der Waals surface area (Å²) < 4.78 is 0. The molecule has 1 heterocycles. The van der Waals surface area contributed by atoms with Crippen LogP contribution < -0.4 is 10.2 Å². The van der Waals surface area contributed by atoms with E-state index in [9.17, 15) is 14.4 Å². The first-order valence-corrected chi connectivity index (χ1v) is 10.8. The Balaban J connectivity index is 1.53. The maximum atomic E-state index is 13.0. The molecule has 0 aliphatic carbocycles. The second-order valence-corrected chi connectivity index (χ2v) is 8.03. The van der Waals surface area contributed by atoms with Crippen molar-refractivity contribution in [1.82, 2.24) is 4.90 Å². The fourth-order valence-electron chi connectivity index (χ4n) is 3.38. The summed E-state index contributed by atoms with van der Waals surface area (Å²) in [5.41, 5.74) is 3.74. The molecule has 3 aromatic rings. The molecule has 0 radical (unpaired) electrons. The smallest absolute Gasteiger partial charge is 0.289 e. The Morgan fingerprint density at radius 2 is 1.74 bits per heavy atom. The second-order valence-electron chi connectivity index (χ2n) is 7.10. The molecule has 0 spiro atoms. The molecule has 1 aliphatic rings. The van der Waals surface area contributed by atoms with Gasteiger partial charge in [0.2, 0.25) is 5.91 Å². The molecule has 1 N–H and O–H groups in total. The first-order chi connectivity index (χ1) is 15.0. The predicted molar refractivity (Wildman–Crippen MR) is 124 cm³/mol. The van der Waals surface area contributed by atoms with Crippen molar-refractivity contribution < 1.29 is 14.4 Å². The van der Waals surface area contributed by atoms with Gasteiger partial charge in [0, 0.05) is 18.3 Å². The zero-order chi connectivity index (χ0) is 21.8. The van der Waals surface area contributed by atoms with Crippen molar-refractivity contribution in [2.24, 2.45) is 0 Å². The Bertz CT molecular complexity index is 1120. The topological polar surface area (TPSA) is 69.7 Å². The van der Waals surface area contributed by atoms with E-state index < -0.39 is 0 Å². The van der Waals surface area contributed by atoms with Gasteiger partial charge in [-0.2, -0.15) is 0 Å². The standard InChI is InChI=1S/C24H21N3O3S/c1-26(19-10-3-2-4-11-19)21-13-6-5-12-20(21)25-23(29)18-9-7-8-17(14-18)15-27-22(28)16-31-24(27)30/h2-14H,15-16H2,1H3,(H,25,29). The van der Waals surface area contributed by atoms with Crippen molar-refractivity contribution in [2.45, 2.75) is 6.54 Å². The van der Waals surface area contributed by atoms with E-state index in [0.717, 1.165) is 28.7 Å². The molecule has 0 unspecified atom stereocenters. The molecule has 31 heavy (non-hydrogen) atoms. The average molecular weight is 432 g/mol. The number of nitrogens with zero attached hydrogens (tertiary/aromatic N) is 2. The summed E-state index contributed by atoms with van der Waals surface area (Å²) >= 11 is 1.00. The Morgan fingerprint density at radius 1 is 1.00 bits per heavy atom. The van der Waals surface area contributed by atoms with Crippen LogP contribution in [0.15, 0.2) is 78.9 Å². The van der Waals surface area contributed by atoms with Gasteiger partial charge in [-0.1, -0.05) is 54.2 Å². The van der Waals surface area contributed by atoms with Gasteiger partial charge < -0.3 is 10.2 Å². The van der Waals surface area contributed by atoms with Crippen LogP contribution in [0.3, 0.4) is 0 Å². The number of amides is 3. The molecule has 0 atom stereocenters. The molecular weight excluding hydrogens is 410 g/mol. The molecule has 0 saturated carbocycles. The van der Waals surface area contributed by atoms with E-state index in [0.29, 0.717) is 11.3 Å². The van der Waals surface area contributed by atoms with Gasteiger partial charge in [-0.15, -0.1) is 0 Å². The number of hydrogen-bond donors (Lipinski definition) is 1. The van der Waals surface area contributed by atoms with E-state index in [1.54, 1.807) is 24.3 Å². The van der Waals surface area contributed by atoms with Crippen LogP contribution in [0.25, 0.3) is 0 Å². The third-order valence-electron chi connectivity index (χ3n) is 5.03. The van der Waals surface area contributed by atoms with Crippen molar-refractivity contribution in [3.05, 3.63) is 90.0 Å². The van der Waals surface area contributed by atoms with Gasteiger partial charge in [0.15, 0.2) is 0 Å². The normalized spacial score (nSPS) is 13.4. The number of carbonyl (C=O) groups is 3. The maximum Gasteiger partial charge on any atom is 0.289 e. The summed E-state index contributed by atoms with van der Waals surface area (Å²) in [5.74, 6) is -0.294. The molecule has 1 saturated heterocycles. The van der Waals surface area contributed by atoms with Gasteiger partial charge in [-0.05, 0) is 42.0 Å². The van der Waals surface area contributed by atoms with E-state index in [4.69, 9.17) is 0 Å². The van der Waals surface area contributed by atoms with Crippen molar-refractivity contribution in [3.63, 3.8) is 0 Å². The third kappa shape index (κ3) is 4.62. The van der Waals surface area contributed by atoms with Crippen molar-refractivity contribution in [3.8, 4) is 0 Å². The summed E-state index contributed by atoms with van der Waals surface area (Å²) in [6.45, 7) is 0.166. The number of carbonyl (C=O) groups excluding carboxylic acids is 3. The lowest BCUT2D eigenvalue weighted by Crippen LogP contribution is -2.28. The number of rotatable bonds is 6. The molecule has 1 fully saturated rings. The minimum Gasteiger partial charge on any atom is -0.343 e. The predicted octanol–water partition coefficient (Wildman–Crippen LogP) is 4.90. The van der Waals surface area contributed by atoms with Gasteiger partial charge in [0.1, 0.15) is 0 Å². The first kappa shape index (κ1) is 20.7. The highest BCUT2D eigenvalue weighted by molar-refractivity contribution is 8.14. The number of nitrogens with one attached hydrogen (secondary N) is 1. The van der Waals surface area contributed by atoms with Gasteiger partial charge in [-0.3, -0.25) is 19.3 Å². The lowest BCUT2D eigenvalue weighted by atomic mass is 10.1. The van der Waals surface area contributed by atoms with Crippen molar-refractivity contribution in [1.29, 1.82) is 0 Å². The highest BCUT2D eigenvalue weighted by atomic mass is 32.2. The minimum atomic E-state index is -0.260. The van der Waals surface area contributed by atoms with Gasteiger partial charge in [-0.25, -0.2) is 0 Å². The Morgan fingerprint density at radius 3 is 2.48 bits per heavy atom. The number of anilines is 3. The monoisotopic (exact) mass is 431 g/mol. The van der Waals surface area contributed by atoms with E-state index in [-0.39, 0.29) is 29.4 Å².